The van der Waals surface area contributed by atoms with Crippen LogP contribution in [0.2, 0.25) is 0 Å². The smallest absolute Gasteiger partial charge is 0.346 e. The van der Waals surface area contributed by atoms with Crippen molar-refractivity contribution < 1.29 is 28.5 Å². The van der Waals surface area contributed by atoms with Gasteiger partial charge in [0.25, 0.3) is 0 Å². The third kappa shape index (κ3) is 4.11. The number of carbonyl (C=O) groups is 2. The summed E-state index contributed by atoms with van der Waals surface area (Å²) in [6.45, 7) is 4.04. The van der Waals surface area contributed by atoms with Gasteiger partial charge in [-0.2, -0.15) is 0 Å². The van der Waals surface area contributed by atoms with Crippen LogP contribution in [0.25, 0.3) is 6.08 Å². The molecular formula is C21H20O6. The number of ether oxygens (including phenoxy) is 4. The zero-order valence-corrected chi connectivity index (χ0v) is 15.4. The maximum atomic E-state index is 12.5. The average molecular weight is 368 g/mol. The van der Waals surface area contributed by atoms with Crippen molar-refractivity contribution in [3.05, 3.63) is 59.4 Å². The fourth-order valence-electron chi connectivity index (χ4n) is 2.64. The largest absolute Gasteiger partial charge is 0.494 e. The fraction of sp³-hybridized carbons (Fsp3) is 0.238. The molecule has 0 bridgehead atoms. The van der Waals surface area contributed by atoms with Gasteiger partial charge in [-0.3, -0.25) is 4.79 Å². The van der Waals surface area contributed by atoms with E-state index in [4.69, 9.17) is 14.2 Å². The van der Waals surface area contributed by atoms with Crippen molar-refractivity contribution in [3.63, 3.8) is 0 Å². The van der Waals surface area contributed by atoms with Crippen LogP contribution in [0, 0.1) is 0 Å². The first-order chi connectivity index (χ1) is 13.0. The predicted octanol–water partition coefficient (Wildman–Crippen LogP) is 3.64. The van der Waals surface area contributed by atoms with Gasteiger partial charge in [-0.15, -0.1) is 0 Å². The van der Waals surface area contributed by atoms with Crippen LogP contribution >= 0.6 is 0 Å². The second-order valence-electron chi connectivity index (χ2n) is 5.88. The van der Waals surface area contributed by atoms with Crippen molar-refractivity contribution in [2.45, 2.75) is 20.0 Å². The van der Waals surface area contributed by atoms with E-state index < -0.39 is 12.1 Å². The molecule has 1 aliphatic rings. The molecule has 1 aliphatic heterocycles. The molecule has 0 radical (unpaired) electrons. The average Bonchev–Trinajstić information content (AvgIpc) is 2.98. The van der Waals surface area contributed by atoms with E-state index in [0.717, 1.165) is 5.56 Å². The molecule has 6 nitrogen and oxygen atoms in total. The van der Waals surface area contributed by atoms with E-state index in [0.29, 0.717) is 29.4 Å². The first kappa shape index (κ1) is 18.5. The van der Waals surface area contributed by atoms with Gasteiger partial charge < -0.3 is 18.9 Å². The summed E-state index contributed by atoms with van der Waals surface area (Å²) in [4.78, 5) is 23.9. The number of fused-ring (bicyclic) bond motifs is 1. The molecule has 0 N–H and O–H groups in total. The number of hydrogen-bond donors (Lipinski definition) is 0. The van der Waals surface area contributed by atoms with E-state index in [1.165, 1.54) is 7.11 Å². The standard InChI is InChI=1S/C21H20O6/c1-4-25-16-9-10-17-18(12-16)27-19(20(17)22)11-14-5-7-15(8-6-14)26-13(2)21(23)24-3/h5-13H,4H2,1-3H3/b19-11-/t13-/m0/s1. The Bertz CT molecular complexity index is 882. The summed E-state index contributed by atoms with van der Waals surface area (Å²) in [6.07, 6.45) is 0.962. The molecular weight excluding hydrogens is 348 g/mol. The molecule has 0 saturated carbocycles. The second-order valence-corrected chi connectivity index (χ2v) is 5.88. The summed E-state index contributed by atoms with van der Waals surface area (Å²) < 4.78 is 21.2. The van der Waals surface area contributed by atoms with Crippen LogP contribution in [0.4, 0.5) is 0 Å². The summed E-state index contributed by atoms with van der Waals surface area (Å²) in [5, 5.41) is 0. The van der Waals surface area contributed by atoms with Crippen molar-refractivity contribution in [2.75, 3.05) is 13.7 Å². The number of esters is 1. The predicted molar refractivity (Wildman–Crippen MR) is 99.1 cm³/mol. The molecule has 0 unspecified atom stereocenters. The molecule has 0 fully saturated rings. The zero-order chi connectivity index (χ0) is 19.4. The maximum Gasteiger partial charge on any atom is 0.346 e. The van der Waals surface area contributed by atoms with E-state index in [1.54, 1.807) is 55.5 Å². The minimum absolute atomic E-state index is 0.173. The first-order valence-electron chi connectivity index (χ1n) is 8.57. The molecule has 0 amide bonds. The zero-order valence-electron chi connectivity index (χ0n) is 15.4. The Morgan fingerprint density at radius 2 is 1.85 bits per heavy atom. The van der Waals surface area contributed by atoms with Crippen molar-refractivity contribution in [3.8, 4) is 17.2 Å². The van der Waals surface area contributed by atoms with Gasteiger partial charge >= 0.3 is 5.97 Å². The molecule has 2 aromatic rings. The Morgan fingerprint density at radius 1 is 1.15 bits per heavy atom. The highest BCUT2D eigenvalue weighted by atomic mass is 16.6. The first-order valence-corrected chi connectivity index (χ1v) is 8.57. The van der Waals surface area contributed by atoms with Gasteiger partial charge in [0.15, 0.2) is 11.9 Å². The topological polar surface area (TPSA) is 71.1 Å². The second kappa shape index (κ2) is 7.95. The minimum atomic E-state index is -0.701. The molecule has 27 heavy (non-hydrogen) atoms. The molecule has 0 aliphatic carbocycles. The van der Waals surface area contributed by atoms with Crippen molar-refractivity contribution in [1.29, 1.82) is 0 Å². The summed E-state index contributed by atoms with van der Waals surface area (Å²) in [7, 11) is 1.31. The summed E-state index contributed by atoms with van der Waals surface area (Å²) >= 11 is 0. The van der Waals surface area contributed by atoms with Crippen LogP contribution in [-0.2, 0) is 9.53 Å². The Balaban J connectivity index is 1.73. The Morgan fingerprint density at radius 3 is 2.52 bits per heavy atom. The van der Waals surface area contributed by atoms with Gasteiger partial charge in [0.05, 0.1) is 19.3 Å². The Labute approximate surface area is 157 Å². The van der Waals surface area contributed by atoms with Crippen molar-refractivity contribution in [1.82, 2.24) is 0 Å². The number of allylic oxidation sites excluding steroid dienone is 1. The highest BCUT2D eigenvalue weighted by Crippen LogP contribution is 2.35. The van der Waals surface area contributed by atoms with Crippen LogP contribution < -0.4 is 14.2 Å². The number of benzene rings is 2. The molecule has 3 rings (SSSR count). The molecule has 0 saturated heterocycles. The van der Waals surface area contributed by atoms with E-state index in [9.17, 15) is 9.59 Å². The van der Waals surface area contributed by atoms with Gasteiger partial charge in [0, 0.05) is 6.07 Å². The van der Waals surface area contributed by atoms with Gasteiger partial charge in [-0.1, -0.05) is 12.1 Å². The highest BCUT2D eigenvalue weighted by Gasteiger charge is 2.27. The number of hydrogen-bond acceptors (Lipinski definition) is 6. The minimum Gasteiger partial charge on any atom is -0.494 e. The number of Topliss-reactive ketones (excluding diaryl/α,β-unsaturated/α-hetero) is 1. The number of rotatable bonds is 6. The monoisotopic (exact) mass is 368 g/mol. The van der Waals surface area contributed by atoms with Gasteiger partial charge in [0.2, 0.25) is 5.78 Å². The van der Waals surface area contributed by atoms with Crippen LogP contribution in [0.15, 0.2) is 48.2 Å². The van der Waals surface area contributed by atoms with E-state index in [-0.39, 0.29) is 11.5 Å². The van der Waals surface area contributed by atoms with Crippen LogP contribution in [0.1, 0.15) is 29.8 Å². The normalized spacial score (nSPS) is 15.1. The number of carbonyl (C=O) groups excluding carboxylic acids is 2. The quantitative estimate of drug-likeness (QED) is 0.573. The molecule has 1 atom stereocenters. The summed E-state index contributed by atoms with van der Waals surface area (Å²) in [5.74, 6) is 1.30. The van der Waals surface area contributed by atoms with E-state index >= 15 is 0 Å². The maximum absolute atomic E-state index is 12.5. The molecule has 0 spiro atoms. The number of methoxy groups -OCH3 is 1. The highest BCUT2D eigenvalue weighted by molar-refractivity contribution is 6.14. The SMILES string of the molecule is CCOc1ccc2c(c1)O/C(=C\c1ccc(O[C@@H](C)C(=O)OC)cc1)C2=O. The van der Waals surface area contributed by atoms with Crippen molar-refractivity contribution >= 4 is 17.8 Å². The molecule has 140 valence electrons. The summed E-state index contributed by atoms with van der Waals surface area (Å²) in [6, 6.07) is 12.1. The Hall–Kier alpha value is -3.28. The third-order valence-electron chi connectivity index (χ3n) is 3.98. The number of ketones is 1. The van der Waals surface area contributed by atoms with Crippen molar-refractivity contribution in [2.24, 2.45) is 0 Å². The molecule has 2 aromatic carbocycles. The lowest BCUT2D eigenvalue weighted by Gasteiger charge is -2.12. The lowest BCUT2D eigenvalue weighted by Crippen LogP contribution is -2.24. The van der Waals surface area contributed by atoms with Crippen LogP contribution in [-0.4, -0.2) is 31.6 Å². The van der Waals surface area contributed by atoms with Gasteiger partial charge in [-0.05, 0) is 49.8 Å². The molecule has 1 heterocycles. The van der Waals surface area contributed by atoms with Crippen LogP contribution in [0.3, 0.4) is 0 Å². The fourth-order valence-corrected chi connectivity index (χ4v) is 2.64. The van der Waals surface area contributed by atoms with Gasteiger partial charge in [-0.25, -0.2) is 4.79 Å². The van der Waals surface area contributed by atoms with Crippen LogP contribution in [0.5, 0.6) is 17.2 Å². The Kier molecular flexibility index (Phi) is 5.45. The lowest BCUT2D eigenvalue weighted by molar-refractivity contribution is -0.147. The van der Waals surface area contributed by atoms with E-state index in [2.05, 4.69) is 4.74 Å². The molecule has 0 aromatic heterocycles. The molecule has 6 heteroatoms. The summed E-state index contributed by atoms with van der Waals surface area (Å²) in [5.41, 5.74) is 1.28. The van der Waals surface area contributed by atoms with E-state index in [1.807, 2.05) is 6.92 Å². The van der Waals surface area contributed by atoms with Gasteiger partial charge in [0.1, 0.15) is 17.2 Å². The lowest BCUT2D eigenvalue weighted by atomic mass is 10.1. The third-order valence-corrected chi connectivity index (χ3v) is 3.98.